The van der Waals surface area contributed by atoms with E-state index in [1.165, 1.54) is 6.26 Å². The van der Waals surface area contributed by atoms with E-state index >= 15 is 0 Å². The first kappa shape index (κ1) is 13.2. The topological polar surface area (TPSA) is 91.7 Å². The van der Waals surface area contributed by atoms with Crippen LogP contribution in [0.3, 0.4) is 0 Å². The molecule has 2 fully saturated rings. The molecule has 0 unspecified atom stereocenters. The number of amides is 4. The number of imide groups is 1. The van der Waals surface area contributed by atoms with Gasteiger partial charge in [-0.2, -0.15) is 0 Å². The minimum atomic E-state index is -0.860. The lowest BCUT2D eigenvalue weighted by Gasteiger charge is -2.36. The lowest BCUT2D eigenvalue weighted by atomic mass is 9.87. The van der Waals surface area contributed by atoms with Crippen LogP contribution in [0.1, 0.15) is 23.2 Å². The van der Waals surface area contributed by atoms with Gasteiger partial charge < -0.3 is 14.6 Å². The predicted molar refractivity (Wildman–Crippen MR) is 71.0 cm³/mol. The molecule has 8 heteroatoms. The molecule has 106 valence electrons. The Morgan fingerprint density at radius 3 is 2.55 bits per heavy atom. The molecule has 0 saturated carbocycles. The lowest BCUT2D eigenvalue weighted by molar-refractivity contribution is -0.125. The van der Waals surface area contributed by atoms with Gasteiger partial charge in [-0.15, -0.1) is 0 Å². The highest BCUT2D eigenvalue weighted by Gasteiger charge is 2.48. The number of carbonyl (C=O) groups is 3. The lowest BCUT2D eigenvalue weighted by Crippen LogP contribution is -2.55. The number of piperidine rings is 1. The Hall–Kier alpha value is -1.83. The highest BCUT2D eigenvalue weighted by atomic mass is 79.9. The van der Waals surface area contributed by atoms with Crippen LogP contribution in [-0.4, -0.2) is 41.4 Å². The fraction of sp³-hybridized carbons (Fsp3) is 0.417. The van der Waals surface area contributed by atoms with E-state index in [1.807, 2.05) is 0 Å². The maximum Gasteiger partial charge on any atom is 0.322 e. The molecule has 2 aliphatic heterocycles. The fourth-order valence-electron chi connectivity index (χ4n) is 2.59. The van der Waals surface area contributed by atoms with Gasteiger partial charge in [0.25, 0.3) is 11.8 Å². The van der Waals surface area contributed by atoms with Gasteiger partial charge in [0.1, 0.15) is 5.54 Å². The summed E-state index contributed by atoms with van der Waals surface area (Å²) in [4.78, 5) is 37.0. The van der Waals surface area contributed by atoms with Crippen molar-refractivity contribution >= 4 is 33.8 Å². The van der Waals surface area contributed by atoms with Gasteiger partial charge >= 0.3 is 6.03 Å². The SMILES string of the molecule is O=C1NC(=O)C2(CCN(C(=O)c3ccoc3Br)CC2)N1. The molecule has 0 atom stereocenters. The summed E-state index contributed by atoms with van der Waals surface area (Å²) < 4.78 is 5.45. The van der Waals surface area contributed by atoms with E-state index in [9.17, 15) is 14.4 Å². The van der Waals surface area contributed by atoms with Gasteiger partial charge in [-0.1, -0.05) is 0 Å². The minimum Gasteiger partial charge on any atom is -0.457 e. The Kier molecular flexibility index (Phi) is 3.04. The standard InChI is InChI=1S/C12H12BrN3O4/c13-8-7(1-6-20-8)9(17)16-4-2-12(3-5-16)10(18)14-11(19)15-12/h1,6H,2-5H2,(H2,14,15,18,19). The summed E-state index contributed by atoms with van der Waals surface area (Å²) in [5, 5.41) is 4.90. The summed E-state index contributed by atoms with van der Waals surface area (Å²) >= 11 is 3.18. The Bertz CT molecular complexity index is 589. The third-order valence-corrected chi connectivity index (χ3v) is 4.38. The molecule has 0 aliphatic carbocycles. The van der Waals surface area contributed by atoms with E-state index in [4.69, 9.17) is 4.42 Å². The van der Waals surface area contributed by atoms with E-state index < -0.39 is 11.6 Å². The number of hydrogen-bond donors (Lipinski definition) is 2. The van der Waals surface area contributed by atoms with Gasteiger partial charge in [-0.3, -0.25) is 14.9 Å². The largest absolute Gasteiger partial charge is 0.457 e. The third kappa shape index (κ3) is 2.00. The first-order valence-electron chi connectivity index (χ1n) is 6.18. The van der Waals surface area contributed by atoms with Crippen molar-refractivity contribution in [2.75, 3.05) is 13.1 Å². The number of nitrogens with zero attached hydrogens (tertiary/aromatic N) is 1. The monoisotopic (exact) mass is 341 g/mol. The van der Waals surface area contributed by atoms with Crippen molar-refractivity contribution in [3.8, 4) is 0 Å². The van der Waals surface area contributed by atoms with Crippen LogP contribution >= 0.6 is 15.9 Å². The van der Waals surface area contributed by atoms with Crippen molar-refractivity contribution in [2.45, 2.75) is 18.4 Å². The van der Waals surface area contributed by atoms with Gasteiger partial charge in [-0.25, -0.2) is 4.79 Å². The van der Waals surface area contributed by atoms with Gasteiger partial charge in [0.2, 0.25) is 0 Å². The van der Waals surface area contributed by atoms with Crippen LogP contribution in [0, 0.1) is 0 Å². The molecule has 7 nitrogen and oxygen atoms in total. The van der Waals surface area contributed by atoms with Crippen LogP contribution in [0.4, 0.5) is 4.79 Å². The number of likely N-dealkylation sites (tertiary alicyclic amines) is 1. The molecule has 1 spiro atoms. The van der Waals surface area contributed by atoms with E-state index in [2.05, 4.69) is 26.6 Å². The summed E-state index contributed by atoms with van der Waals surface area (Å²) in [6.45, 7) is 0.814. The van der Waals surface area contributed by atoms with Crippen molar-refractivity contribution in [3.05, 3.63) is 22.6 Å². The number of furan rings is 1. The molecule has 20 heavy (non-hydrogen) atoms. The van der Waals surface area contributed by atoms with Crippen LogP contribution in [-0.2, 0) is 4.79 Å². The molecule has 2 saturated heterocycles. The quantitative estimate of drug-likeness (QED) is 0.741. The van der Waals surface area contributed by atoms with Crippen molar-refractivity contribution in [2.24, 2.45) is 0 Å². The van der Waals surface area contributed by atoms with Crippen molar-refractivity contribution < 1.29 is 18.8 Å². The molecule has 0 bridgehead atoms. The third-order valence-electron chi connectivity index (χ3n) is 3.77. The second-order valence-corrected chi connectivity index (χ2v) is 5.61. The van der Waals surface area contributed by atoms with E-state index in [0.717, 1.165) is 0 Å². The summed E-state index contributed by atoms with van der Waals surface area (Å²) in [6.07, 6.45) is 2.25. The van der Waals surface area contributed by atoms with Gasteiger partial charge in [0.15, 0.2) is 4.67 Å². The summed E-state index contributed by atoms with van der Waals surface area (Å²) in [5.74, 6) is -0.454. The van der Waals surface area contributed by atoms with Crippen molar-refractivity contribution in [1.82, 2.24) is 15.5 Å². The average Bonchev–Trinajstić information content (AvgIpc) is 2.95. The zero-order valence-electron chi connectivity index (χ0n) is 10.4. The Morgan fingerprint density at radius 2 is 2.05 bits per heavy atom. The number of halogens is 1. The Balaban J connectivity index is 1.70. The highest BCUT2D eigenvalue weighted by molar-refractivity contribution is 9.10. The maximum absolute atomic E-state index is 12.3. The number of nitrogens with one attached hydrogen (secondary N) is 2. The van der Waals surface area contributed by atoms with Crippen molar-refractivity contribution in [3.63, 3.8) is 0 Å². The molecule has 3 heterocycles. The fourth-order valence-corrected chi connectivity index (χ4v) is 3.00. The molecule has 4 amide bonds. The first-order chi connectivity index (χ1) is 9.52. The van der Waals surface area contributed by atoms with Crippen LogP contribution in [0.25, 0.3) is 0 Å². The first-order valence-corrected chi connectivity index (χ1v) is 6.97. The molecular formula is C12H12BrN3O4. The molecule has 3 rings (SSSR count). The van der Waals surface area contributed by atoms with Crippen LogP contribution in [0.15, 0.2) is 21.4 Å². The second-order valence-electron chi connectivity index (χ2n) is 4.89. The average molecular weight is 342 g/mol. The van der Waals surface area contributed by atoms with Crippen molar-refractivity contribution in [1.29, 1.82) is 0 Å². The minimum absolute atomic E-state index is 0.148. The van der Waals surface area contributed by atoms with Crippen LogP contribution < -0.4 is 10.6 Å². The zero-order valence-corrected chi connectivity index (χ0v) is 12.0. The second kappa shape index (κ2) is 4.62. The molecule has 1 aromatic heterocycles. The number of rotatable bonds is 1. The molecular weight excluding hydrogens is 330 g/mol. The maximum atomic E-state index is 12.3. The van der Waals surface area contributed by atoms with E-state index in [-0.39, 0.29) is 11.8 Å². The summed E-state index contributed by atoms with van der Waals surface area (Å²) in [7, 11) is 0. The molecule has 0 radical (unpaired) electrons. The predicted octanol–water partition coefficient (Wildman–Crippen LogP) is 0.856. The summed E-state index contributed by atoms with van der Waals surface area (Å²) in [5.41, 5.74) is -0.401. The van der Waals surface area contributed by atoms with E-state index in [1.54, 1.807) is 11.0 Å². The smallest absolute Gasteiger partial charge is 0.322 e. The normalized spacial score (nSPS) is 20.9. The molecule has 0 aromatic carbocycles. The van der Waals surface area contributed by atoms with E-state index in [0.29, 0.717) is 36.2 Å². The molecule has 2 N–H and O–H groups in total. The Morgan fingerprint density at radius 1 is 1.35 bits per heavy atom. The van der Waals surface area contributed by atoms with Gasteiger partial charge in [0.05, 0.1) is 11.8 Å². The van der Waals surface area contributed by atoms with Crippen LogP contribution in [0.2, 0.25) is 0 Å². The van der Waals surface area contributed by atoms with Gasteiger partial charge in [-0.05, 0) is 34.8 Å². The Labute approximate surface area is 122 Å². The zero-order chi connectivity index (χ0) is 14.3. The summed E-state index contributed by atoms with van der Waals surface area (Å²) in [6, 6.07) is 1.13. The molecule has 1 aromatic rings. The highest BCUT2D eigenvalue weighted by Crippen LogP contribution is 2.27. The number of urea groups is 1. The number of hydrogen-bond acceptors (Lipinski definition) is 4. The van der Waals surface area contributed by atoms with Crippen LogP contribution in [0.5, 0.6) is 0 Å². The van der Waals surface area contributed by atoms with Gasteiger partial charge in [0, 0.05) is 13.1 Å². The molecule has 2 aliphatic rings. The number of carbonyl (C=O) groups excluding carboxylic acids is 3.